The van der Waals surface area contributed by atoms with Crippen LogP contribution in [0.2, 0.25) is 0 Å². The molecule has 2 rings (SSSR count). The van der Waals surface area contributed by atoms with Gasteiger partial charge >= 0.3 is 0 Å². The Hall–Kier alpha value is -1.94. The first kappa shape index (κ1) is 14.5. The average molecular weight is 274 g/mol. The maximum atomic E-state index is 13.5. The third-order valence-corrected chi connectivity index (χ3v) is 2.93. The molecule has 20 heavy (non-hydrogen) atoms. The number of hydrogen-bond acceptors (Lipinski definition) is 3. The van der Waals surface area contributed by atoms with Gasteiger partial charge in [0.25, 0.3) is 0 Å². The molecule has 0 radical (unpaired) electrons. The van der Waals surface area contributed by atoms with Gasteiger partial charge in [0.2, 0.25) is 5.88 Å². The van der Waals surface area contributed by atoms with Gasteiger partial charge in [-0.25, -0.2) is 9.37 Å². The van der Waals surface area contributed by atoms with Crippen LogP contribution in [0.5, 0.6) is 11.6 Å². The molecule has 0 aliphatic rings. The molecule has 0 unspecified atom stereocenters. The molecule has 0 bridgehead atoms. The lowest BCUT2D eigenvalue weighted by atomic mass is 10.2. The molecule has 0 atom stereocenters. The minimum absolute atomic E-state index is 0.275. The van der Waals surface area contributed by atoms with E-state index >= 15 is 0 Å². The van der Waals surface area contributed by atoms with E-state index < -0.39 is 0 Å². The van der Waals surface area contributed by atoms with Crippen LogP contribution in [0.1, 0.15) is 23.7 Å². The van der Waals surface area contributed by atoms with E-state index in [9.17, 15) is 4.39 Å². The number of nitrogens with one attached hydrogen (secondary N) is 1. The Morgan fingerprint density at radius 3 is 2.70 bits per heavy atom. The first-order chi connectivity index (χ1) is 9.58. The first-order valence-corrected chi connectivity index (χ1v) is 6.70. The van der Waals surface area contributed by atoms with Crippen LogP contribution in [0.3, 0.4) is 0 Å². The number of halogens is 1. The molecule has 1 aromatic heterocycles. The van der Waals surface area contributed by atoms with Gasteiger partial charge in [-0.05, 0) is 43.7 Å². The molecule has 2 aromatic rings. The molecule has 1 N–H and O–H groups in total. The number of benzene rings is 1. The highest BCUT2D eigenvalue weighted by Crippen LogP contribution is 2.23. The van der Waals surface area contributed by atoms with Crippen molar-refractivity contribution >= 4 is 0 Å². The first-order valence-electron chi connectivity index (χ1n) is 6.70. The Bertz CT molecular complexity index is 599. The highest BCUT2D eigenvalue weighted by Gasteiger charge is 2.05. The van der Waals surface area contributed by atoms with Crippen LogP contribution >= 0.6 is 0 Å². The number of hydrogen-bond donors (Lipinski definition) is 1. The number of rotatable bonds is 5. The topological polar surface area (TPSA) is 34.2 Å². The van der Waals surface area contributed by atoms with E-state index in [0.717, 1.165) is 24.3 Å². The Labute approximate surface area is 118 Å². The van der Waals surface area contributed by atoms with Crippen LogP contribution in [0.15, 0.2) is 30.3 Å². The summed E-state index contributed by atoms with van der Waals surface area (Å²) >= 11 is 0. The standard InChI is InChI=1S/C16H19FN2O/c1-4-18-10-13-7-12(3)19-16(8-13)20-14-6-5-11(2)15(17)9-14/h5-9,18H,4,10H2,1-3H3. The highest BCUT2D eigenvalue weighted by atomic mass is 19.1. The van der Waals surface area contributed by atoms with Gasteiger partial charge in [0.05, 0.1) is 0 Å². The summed E-state index contributed by atoms with van der Waals surface area (Å²) in [5.74, 6) is 0.671. The molecule has 0 amide bonds. The van der Waals surface area contributed by atoms with E-state index in [1.807, 2.05) is 19.1 Å². The Morgan fingerprint density at radius 1 is 1.20 bits per heavy atom. The molecule has 1 aromatic carbocycles. The van der Waals surface area contributed by atoms with Crippen molar-refractivity contribution < 1.29 is 9.13 Å². The normalized spacial score (nSPS) is 10.6. The lowest BCUT2D eigenvalue weighted by Crippen LogP contribution is -2.12. The lowest BCUT2D eigenvalue weighted by molar-refractivity contribution is 0.455. The molecule has 0 fully saturated rings. The fourth-order valence-corrected chi connectivity index (χ4v) is 1.89. The third-order valence-electron chi connectivity index (χ3n) is 2.93. The van der Waals surface area contributed by atoms with Gasteiger partial charge in [-0.2, -0.15) is 0 Å². The van der Waals surface area contributed by atoms with Crippen LogP contribution in [-0.2, 0) is 6.54 Å². The van der Waals surface area contributed by atoms with E-state index in [4.69, 9.17) is 4.74 Å². The molecular formula is C16H19FN2O. The monoisotopic (exact) mass is 274 g/mol. The van der Waals surface area contributed by atoms with Crippen LogP contribution in [0.25, 0.3) is 0 Å². The van der Waals surface area contributed by atoms with Gasteiger partial charge in [0.15, 0.2) is 0 Å². The maximum absolute atomic E-state index is 13.5. The molecule has 0 saturated carbocycles. The minimum Gasteiger partial charge on any atom is -0.439 e. The van der Waals surface area contributed by atoms with E-state index in [0.29, 0.717) is 17.2 Å². The molecule has 0 aliphatic heterocycles. The molecule has 4 heteroatoms. The summed E-state index contributed by atoms with van der Waals surface area (Å²) in [6.45, 7) is 7.36. The van der Waals surface area contributed by atoms with Gasteiger partial charge in [0.1, 0.15) is 11.6 Å². The van der Waals surface area contributed by atoms with Crippen molar-refractivity contribution in [3.8, 4) is 11.6 Å². The summed E-state index contributed by atoms with van der Waals surface area (Å²) in [5, 5.41) is 3.26. The molecule has 0 saturated heterocycles. The third kappa shape index (κ3) is 3.78. The van der Waals surface area contributed by atoms with Crippen LogP contribution in [0, 0.1) is 19.7 Å². The zero-order chi connectivity index (χ0) is 14.5. The molecule has 0 spiro atoms. The largest absolute Gasteiger partial charge is 0.439 e. The van der Waals surface area contributed by atoms with Crippen molar-refractivity contribution in [2.24, 2.45) is 0 Å². The van der Waals surface area contributed by atoms with Gasteiger partial charge in [-0.1, -0.05) is 13.0 Å². The van der Waals surface area contributed by atoms with E-state index in [1.54, 1.807) is 19.1 Å². The summed E-state index contributed by atoms with van der Waals surface area (Å²) in [5.41, 5.74) is 2.58. The average Bonchev–Trinajstić information content (AvgIpc) is 2.40. The molecule has 3 nitrogen and oxygen atoms in total. The van der Waals surface area contributed by atoms with Crippen molar-refractivity contribution in [1.82, 2.24) is 10.3 Å². The molecule has 1 heterocycles. The zero-order valence-electron chi connectivity index (χ0n) is 12.0. The quantitative estimate of drug-likeness (QED) is 0.902. The van der Waals surface area contributed by atoms with E-state index in [1.165, 1.54) is 6.07 Å². The summed E-state index contributed by atoms with van der Waals surface area (Å²) in [6.07, 6.45) is 0. The predicted molar refractivity (Wildman–Crippen MR) is 77.6 cm³/mol. The number of aryl methyl sites for hydroxylation is 2. The Morgan fingerprint density at radius 2 is 2.00 bits per heavy atom. The van der Waals surface area contributed by atoms with Crippen LogP contribution in [0.4, 0.5) is 4.39 Å². The number of aromatic nitrogens is 1. The van der Waals surface area contributed by atoms with Crippen molar-refractivity contribution in [3.63, 3.8) is 0 Å². The fraction of sp³-hybridized carbons (Fsp3) is 0.312. The maximum Gasteiger partial charge on any atom is 0.219 e. The second-order valence-electron chi connectivity index (χ2n) is 4.75. The minimum atomic E-state index is -0.275. The predicted octanol–water partition coefficient (Wildman–Crippen LogP) is 3.74. The highest BCUT2D eigenvalue weighted by molar-refractivity contribution is 5.33. The number of nitrogens with zero attached hydrogens (tertiary/aromatic N) is 1. The SMILES string of the molecule is CCNCc1cc(C)nc(Oc2ccc(C)c(F)c2)c1. The second-order valence-corrected chi connectivity index (χ2v) is 4.75. The number of pyridine rings is 1. The Kier molecular flexibility index (Phi) is 4.69. The zero-order valence-corrected chi connectivity index (χ0v) is 12.0. The van der Waals surface area contributed by atoms with Crippen molar-refractivity contribution in [1.29, 1.82) is 0 Å². The summed E-state index contributed by atoms with van der Waals surface area (Å²) in [6, 6.07) is 8.69. The second kappa shape index (κ2) is 6.48. The van der Waals surface area contributed by atoms with Gasteiger partial charge in [-0.3, -0.25) is 0 Å². The van der Waals surface area contributed by atoms with E-state index in [2.05, 4.69) is 17.2 Å². The molecule has 106 valence electrons. The van der Waals surface area contributed by atoms with Gasteiger partial charge in [-0.15, -0.1) is 0 Å². The van der Waals surface area contributed by atoms with Crippen molar-refractivity contribution in [3.05, 3.63) is 53.0 Å². The van der Waals surface area contributed by atoms with Crippen LogP contribution in [-0.4, -0.2) is 11.5 Å². The van der Waals surface area contributed by atoms with Crippen molar-refractivity contribution in [2.75, 3.05) is 6.54 Å². The van der Waals surface area contributed by atoms with Crippen molar-refractivity contribution in [2.45, 2.75) is 27.3 Å². The Balaban J connectivity index is 2.19. The smallest absolute Gasteiger partial charge is 0.219 e. The summed E-state index contributed by atoms with van der Waals surface area (Å²) in [7, 11) is 0. The summed E-state index contributed by atoms with van der Waals surface area (Å²) in [4.78, 5) is 4.32. The summed E-state index contributed by atoms with van der Waals surface area (Å²) < 4.78 is 19.1. The van der Waals surface area contributed by atoms with Gasteiger partial charge in [0, 0.05) is 24.4 Å². The van der Waals surface area contributed by atoms with E-state index in [-0.39, 0.29) is 5.82 Å². The number of ether oxygens (including phenoxy) is 1. The lowest BCUT2D eigenvalue weighted by Gasteiger charge is -2.09. The fourth-order valence-electron chi connectivity index (χ4n) is 1.89. The molecule has 0 aliphatic carbocycles. The van der Waals surface area contributed by atoms with Gasteiger partial charge < -0.3 is 10.1 Å². The molecular weight excluding hydrogens is 255 g/mol. The van der Waals surface area contributed by atoms with Crippen LogP contribution < -0.4 is 10.1 Å².